The predicted octanol–water partition coefficient (Wildman–Crippen LogP) is 0.938. The maximum Gasteiger partial charge on any atom is 0.322 e. The predicted molar refractivity (Wildman–Crippen MR) is 74.0 cm³/mol. The molecule has 0 amide bonds. The lowest BCUT2D eigenvalue weighted by Gasteiger charge is -2.08. The fourth-order valence-corrected chi connectivity index (χ4v) is 1.46. The Labute approximate surface area is 116 Å². The van der Waals surface area contributed by atoms with Gasteiger partial charge in [0.15, 0.2) is 0 Å². The highest BCUT2D eigenvalue weighted by Crippen LogP contribution is 2.12. The maximum absolute atomic E-state index is 5.01. The van der Waals surface area contributed by atoms with E-state index >= 15 is 0 Å². The summed E-state index contributed by atoms with van der Waals surface area (Å²) in [7, 11) is 4.81. The molecule has 0 bridgehead atoms. The minimum atomic E-state index is 0.250. The lowest BCUT2D eigenvalue weighted by atomic mass is 10.3. The van der Waals surface area contributed by atoms with Gasteiger partial charge in [0.05, 0.1) is 14.2 Å². The van der Waals surface area contributed by atoms with Crippen LogP contribution in [0.1, 0.15) is 5.56 Å². The van der Waals surface area contributed by atoms with Gasteiger partial charge in [0.1, 0.15) is 0 Å². The van der Waals surface area contributed by atoms with E-state index in [4.69, 9.17) is 9.47 Å². The van der Waals surface area contributed by atoms with Crippen molar-refractivity contribution in [1.29, 1.82) is 0 Å². The summed E-state index contributed by atoms with van der Waals surface area (Å²) in [5.41, 5.74) is 0.983. The Morgan fingerprint density at radius 1 is 1.05 bits per heavy atom. The van der Waals surface area contributed by atoms with Gasteiger partial charge in [0, 0.05) is 25.9 Å². The van der Waals surface area contributed by atoms with Crippen LogP contribution in [0.4, 0.5) is 11.9 Å². The number of hydrogen-bond acceptors (Lipinski definition) is 8. The van der Waals surface area contributed by atoms with Crippen LogP contribution in [0, 0.1) is 0 Å². The lowest BCUT2D eigenvalue weighted by Crippen LogP contribution is -2.08. The van der Waals surface area contributed by atoms with Gasteiger partial charge in [-0.15, -0.1) is 0 Å². The van der Waals surface area contributed by atoms with Crippen molar-refractivity contribution in [1.82, 2.24) is 19.9 Å². The van der Waals surface area contributed by atoms with Gasteiger partial charge in [-0.25, -0.2) is 4.98 Å². The summed E-state index contributed by atoms with van der Waals surface area (Å²) < 4.78 is 10.0. The summed E-state index contributed by atoms with van der Waals surface area (Å²) in [6.45, 7) is 0.535. The highest BCUT2D eigenvalue weighted by atomic mass is 16.5. The summed E-state index contributed by atoms with van der Waals surface area (Å²) in [5, 5.41) is 5.93. The van der Waals surface area contributed by atoms with E-state index in [1.165, 1.54) is 7.11 Å². The van der Waals surface area contributed by atoms with Crippen molar-refractivity contribution in [2.45, 2.75) is 6.54 Å². The molecule has 0 unspecified atom stereocenters. The first-order valence-electron chi connectivity index (χ1n) is 5.95. The first kappa shape index (κ1) is 13.8. The average molecular weight is 276 g/mol. The Hall–Kier alpha value is -2.64. The number of nitrogens with one attached hydrogen (secondary N) is 2. The number of ether oxygens (including phenoxy) is 2. The van der Waals surface area contributed by atoms with Crippen LogP contribution in [0.3, 0.4) is 0 Å². The van der Waals surface area contributed by atoms with Crippen molar-refractivity contribution in [3.05, 3.63) is 23.9 Å². The second-order valence-electron chi connectivity index (χ2n) is 3.78. The van der Waals surface area contributed by atoms with Gasteiger partial charge in [-0.05, 0) is 5.56 Å². The van der Waals surface area contributed by atoms with Crippen LogP contribution in [0.5, 0.6) is 11.9 Å². The minimum Gasteiger partial charge on any atom is -0.481 e. The Morgan fingerprint density at radius 2 is 1.85 bits per heavy atom. The van der Waals surface area contributed by atoms with Crippen molar-refractivity contribution in [2.24, 2.45) is 0 Å². The van der Waals surface area contributed by atoms with E-state index in [-0.39, 0.29) is 6.01 Å². The summed E-state index contributed by atoms with van der Waals surface area (Å²) in [6, 6.07) is 3.96. The Kier molecular flexibility index (Phi) is 4.48. The monoisotopic (exact) mass is 276 g/mol. The first-order chi connectivity index (χ1) is 9.75. The van der Waals surface area contributed by atoms with E-state index in [2.05, 4.69) is 30.6 Å². The molecule has 0 aliphatic heterocycles. The second kappa shape index (κ2) is 6.50. The fraction of sp³-hybridized carbons (Fsp3) is 0.333. The number of aromatic nitrogens is 4. The molecule has 0 saturated carbocycles. The molecular formula is C12H16N6O2. The standard InChI is InChI=1S/C12H16N6O2/c1-13-10-16-11(18-12(17-10)20-3)15-7-8-4-5-9(19-2)14-6-8/h4-6H,7H2,1-3H3,(H2,13,15,16,17,18). The minimum absolute atomic E-state index is 0.250. The molecule has 106 valence electrons. The van der Waals surface area contributed by atoms with Crippen molar-refractivity contribution in [3.8, 4) is 11.9 Å². The Bertz CT molecular complexity index is 538. The fourth-order valence-electron chi connectivity index (χ4n) is 1.46. The normalized spacial score (nSPS) is 9.95. The summed E-state index contributed by atoms with van der Waals surface area (Å²) >= 11 is 0. The van der Waals surface area contributed by atoms with Gasteiger partial charge in [0.25, 0.3) is 0 Å². The second-order valence-corrected chi connectivity index (χ2v) is 3.78. The lowest BCUT2D eigenvalue weighted by molar-refractivity contribution is 0.379. The van der Waals surface area contributed by atoms with E-state index < -0.39 is 0 Å². The topological polar surface area (TPSA) is 94.1 Å². The van der Waals surface area contributed by atoms with Crippen LogP contribution < -0.4 is 20.1 Å². The molecule has 2 N–H and O–H groups in total. The molecule has 0 atom stereocenters. The van der Waals surface area contributed by atoms with E-state index in [1.54, 1.807) is 26.4 Å². The number of hydrogen-bond donors (Lipinski definition) is 2. The van der Waals surface area contributed by atoms with Gasteiger partial charge in [-0.1, -0.05) is 6.07 Å². The molecule has 8 nitrogen and oxygen atoms in total. The molecule has 20 heavy (non-hydrogen) atoms. The third-order valence-electron chi connectivity index (χ3n) is 2.48. The van der Waals surface area contributed by atoms with Gasteiger partial charge >= 0.3 is 6.01 Å². The molecule has 0 fully saturated rings. The third kappa shape index (κ3) is 3.44. The summed E-state index contributed by atoms with van der Waals surface area (Å²) in [4.78, 5) is 16.4. The Morgan fingerprint density at radius 3 is 2.45 bits per heavy atom. The smallest absolute Gasteiger partial charge is 0.322 e. The van der Waals surface area contributed by atoms with Gasteiger partial charge in [-0.2, -0.15) is 15.0 Å². The van der Waals surface area contributed by atoms with E-state index in [0.29, 0.717) is 24.3 Å². The van der Waals surface area contributed by atoms with Crippen LogP contribution in [0.15, 0.2) is 18.3 Å². The van der Waals surface area contributed by atoms with Crippen molar-refractivity contribution in [3.63, 3.8) is 0 Å². The molecule has 0 aliphatic carbocycles. The summed E-state index contributed by atoms with van der Waals surface area (Å²) in [6.07, 6.45) is 1.73. The molecule has 0 spiro atoms. The van der Waals surface area contributed by atoms with Gasteiger partial charge < -0.3 is 20.1 Å². The van der Waals surface area contributed by atoms with Crippen molar-refractivity contribution in [2.75, 3.05) is 31.9 Å². The molecule has 0 radical (unpaired) electrons. The number of anilines is 2. The number of nitrogens with zero attached hydrogens (tertiary/aromatic N) is 4. The highest BCUT2D eigenvalue weighted by molar-refractivity contribution is 5.36. The molecule has 2 rings (SSSR count). The number of rotatable bonds is 6. The van der Waals surface area contributed by atoms with Crippen LogP contribution in [-0.2, 0) is 6.54 Å². The van der Waals surface area contributed by atoms with Crippen LogP contribution >= 0.6 is 0 Å². The first-order valence-corrected chi connectivity index (χ1v) is 5.95. The molecule has 0 aliphatic rings. The summed E-state index contributed by atoms with van der Waals surface area (Å²) in [5.74, 6) is 1.44. The van der Waals surface area contributed by atoms with Crippen LogP contribution in [0.2, 0.25) is 0 Å². The molecule has 0 saturated heterocycles. The van der Waals surface area contributed by atoms with Crippen molar-refractivity contribution >= 4 is 11.9 Å². The van der Waals surface area contributed by atoms with E-state index in [1.807, 2.05) is 6.07 Å². The van der Waals surface area contributed by atoms with E-state index in [0.717, 1.165) is 5.56 Å². The molecule has 2 aromatic rings. The molecule has 0 aromatic carbocycles. The molecular weight excluding hydrogens is 260 g/mol. The van der Waals surface area contributed by atoms with Crippen molar-refractivity contribution < 1.29 is 9.47 Å². The van der Waals surface area contributed by atoms with Gasteiger partial charge in [0.2, 0.25) is 17.8 Å². The zero-order chi connectivity index (χ0) is 14.4. The molecule has 2 heterocycles. The van der Waals surface area contributed by atoms with Crippen LogP contribution in [-0.4, -0.2) is 41.2 Å². The third-order valence-corrected chi connectivity index (χ3v) is 2.48. The maximum atomic E-state index is 5.01. The highest BCUT2D eigenvalue weighted by Gasteiger charge is 2.05. The van der Waals surface area contributed by atoms with E-state index in [9.17, 15) is 0 Å². The number of pyridine rings is 1. The number of methoxy groups -OCH3 is 2. The van der Waals surface area contributed by atoms with Crippen LogP contribution in [0.25, 0.3) is 0 Å². The average Bonchev–Trinajstić information content (AvgIpc) is 2.53. The Balaban J connectivity index is 2.05. The van der Waals surface area contributed by atoms with Gasteiger partial charge in [-0.3, -0.25) is 0 Å². The zero-order valence-corrected chi connectivity index (χ0v) is 11.5. The SMILES string of the molecule is CNc1nc(NCc2ccc(OC)nc2)nc(OC)n1. The molecule has 8 heteroatoms. The largest absolute Gasteiger partial charge is 0.481 e. The quantitative estimate of drug-likeness (QED) is 0.805. The molecule has 2 aromatic heterocycles. The zero-order valence-electron chi connectivity index (χ0n) is 11.5.